The molecule has 2 aliphatic rings. The first-order chi connectivity index (χ1) is 14.1. The van der Waals surface area contributed by atoms with Gasteiger partial charge in [-0.1, -0.05) is 44.4 Å². The molecular formula is C24H29N3O2. The molecule has 2 amide bonds. The molecule has 1 aromatic heterocycles. The van der Waals surface area contributed by atoms with Gasteiger partial charge in [0.05, 0.1) is 23.3 Å². The van der Waals surface area contributed by atoms with E-state index in [2.05, 4.69) is 29.0 Å². The van der Waals surface area contributed by atoms with Crippen molar-refractivity contribution in [2.75, 3.05) is 5.32 Å². The number of hydrogen-bond acceptors (Lipinski definition) is 3. The first kappa shape index (κ1) is 19.6. The highest BCUT2D eigenvalue weighted by atomic mass is 16.2. The number of carbonyl (C=O) groups is 2. The minimum atomic E-state index is -0.467. The van der Waals surface area contributed by atoms with Gasteiger partial charge in [0.25, 0.3) is 5.91 Å². The fraction of sp³-hybridized carbons (Fsp3) is 0.458. The normalized spacial score (nSPS) is 21.5. The van der Waals surface area contributed by atoms with Crippen molar-refractivity contribution in [3.63, 3.8) is 0 Å². The summed E-state index contributed by atoms with van der Waals surface area (Å²) in [5, 5.41) is 3.08. The number of anilines is 1. The molecule has 5 nitrogen and oxygen atoms in total. The Kier molecular flexibility index (Phi) is 5.39. The monoisotopic (exact) mass is 391 g/mol. The van der Waals surface area contributed by atoms with Crippen LogP contribution in [0.1, 0.15) is 74.2 Å². The zero-order valence-electron chi connectivity index (χ0n) is 17.2. The Morgan fingerprint density at radius 3 is 2.66 bits per heavy atom. The van der Waals surface area contributed by atoms with Crippen molar-refractivity contribution in [2.45, 2.75) is 69.9 Å². The van der Waals surface area contributed by atoms with Crippen LogP contribution in [0.25, 0.3) is 0 Å². The van der Waals surface area contributed by atoms with Gasteiger partial charge in [0.1, 0.15) is 0 Å². The lowest BCUT2D eigenvalue weighted by Crippen LogP contribution is -2.64. The predicted octanol–water partition coefficient (Wildman–Crippen LogP) is 4.76. The zero-order chi connectivity index (χ0) is 20.4. The highest BCUT2D eigenvalue weighted by molar-refractivity contribution is 6.05. The number of nitrogens with zero attached hydrogens (tertiary/aromatic N) is 2. The molecule has 0 saturated heterocycles. The summed E-state index contributed by atoms with van der Waals surface area (Å²) in [7, 11) is 0. The largest absolute Gasteiger partial charge is 0.329 e. The van der Waals surface area contributed by atoms with E-state index in [1.807, 2.05) is 36.4 Å². The summed E-state index contributed by atoms with van der Waals surface area (Å²) in [6.07, 6.45) is 9.19. The molecular weight excluding hydrogens is 362 g/mol. The number of aromatic nitrogens is 1. The molecule has 1 fully saturated rings. The van der Waals surface area contributed by atoms with Gasteiger partial charge in [-0.25, -0.2) is 0 Å². The van der Waals surface area contributed by atoms with Crippen LogP contribution in [0.2, 0.25) is 0 Å². The Labute approximate surface area is 172 Å². The van der Waals surface area contributed by atoms with Crippen molar-refractivity contribution < 1.29 is 9.59 Å². The van der Waals surface area contributed by atoms with Gasteiger partial charge in [0.2, 0.25) is 5.91 Å². The van der Waals surface area contributed by atoms with Crippen molar-refractivity contribution >= 4 is 17.5 Å². The lowest BCUT2D eigenvalue weighted by molar-refractivity contribution is -0.122. The third kappa shape index (κ3) is 3.33. The fourth-order valence-corrected chi connectivity index (χ4v) is 5.26. The highest BCUT2D eigenvalue weighted by Gasteiger charge is 2.55. The van der Waals surface area contributed by atoms with E-state index in [4.69, 9.17) is 0 Å². The zero-order valence-corrected chi connectivity index (χ0v) is 17.2. The number of fused-ring (bicyclic) bond motifs is 1. The maximum atomic E-state index is 13.7. The molecule has 0 bridgehead atoms. The van der Waals surface area contributed by atoms with Gasteiger partial charge in [-0.05, 0) is 49.9 Å². The van der Waals surface area contributed by atoms with E-state index >= 15 is 0 Å². The molecule has 0 radical (unpaired) electrons. The second-order valence-corrected chi connectivity index (χ2v) is 8.35. The summed E-state index contributed by atoms with van der Waals surface area (Å²) in [4.78, 5) is 33.5. The number of pyridine rings is 1. The van der Waals surface area contributed by atoms with Crippen molar-refractivity contribution in [3.8, 4) is 0 Å². The van der Waals surface area contributed by atoms with Gasteiger partial charge in [0.15, 0.2) is 0 Å². The van der Waals surface area contributed by atoms with Gasteiger partial charge in [0, 0.05) is 17.8 Å². The first-order valence-corrected chi connectivity index (χ1v) is 10.7. The number of amides is 2. The van der Waals surface area contributed by atoms with E-state index in [0.717, 1.165) is 44.1 Å². The quantitative estimate of drug-likeness (QED) is 0.817. The van der Waals surface area contributed by atoms with Crippen LogP contribution in [0.15, 0.2) is 48.8 Å². The minimum Gasteiger partial charge on any atom is -0.329 e. The van der Waals surface area contributed by atoms with Gasteiger partial charge < -0.3 is 10.2 Å². The Morgan fingerprint density at radius 2 is 1.97 bits per heavy atom. The number of rotatable bonds is 4. The second kappa shape index (κ2) is 7.97. The summed E-state index contributed by atoms with van der Waals surface area (Å²) in [6.45, 7) is 4.22. The average Bonchev–Trinajstić information content (AvgIpc) is 2.75. The molecule has 29 heavy (non-hydrogen) atoms. The minimum absolute atomic E-state index is 0.0480. The Bertz CT molecular complexity index is 890. The summed E-state index contributed by atoms with van der Waals surface area (Å²) < 4.78 is 0. The predicted molar refractivity (Wildman–Crippen MR) is 114 cm³/mol. The molecule has 1 N–H and O–H groups in total. The maximum absolute atomic E-state index is 13.7. The van der Waals surface area contributed by atoms with Crippen molar-refractivity contribution in [1.29, 1.82) is 0 Å². The lowest BCUT2D eigenvalue weighted by Gasteiger charge is -2.55. The molecule has 1 saturated carbocycles. The third-order valence-electron chi connectivity index (χ3n) is 6.68. The fourth-order valence-electron chi connectivity index (χ4n) is 5.26. The molecule has 2 atom stereocenters. The Balaban J connectivity index is 1.85. The van der Waals surface area contributed by atoms with Crippen LogP contribution >= 0.6 is 0 Å². The first-order valence-electron chi connectivity index (χ1n) is 10.7. The molecule has 5 heteroatoms. The van der Waals surface area contributed by atoms with E-state index in [9.17, 15) is 9.59 Å². The Morgan fingerprint density at radius 1 is 1.21 bits per heavy atom. The van der Waals surface area contributed by atoms with Crippen molar-refractivity contribution in [1.82, 2.24) is 9.88 Å². The van der Waals surface area contributed by atoms with Gasteiger partial charge in [-0.15, -0.1) is 0 Å². The van der Waals surface area contributed by atoms with Crippen LogP contribution in [0.5, 0.6) is 0 Å². The van der Waals surface area contributed by atoms with Crippen LogP contribution in [0.3, 0.4) is 0 Å². The average molecular weight is 392 g/mol. The molecule has 1 spiro atoms. The third-order valence-corrected chi connectivity index (χ3v) is 6.68. The molecule has 1 aliphatic carbocycles. The number of benzene rings is 1. The molecule has 2 heterocycles. The van der Waals surface area contributed by atoms with Gasteiger partial charge in [-0.3, -0.25) is 14.6 Å². The Hall–Kier alpha value is -2.69. The number of hydrogen-bond donors (Lipinski definition) is 1. The summed E-state index contributed by atoms with van der Waals surface area (Å²) in [5.74, 6) is -0.360. The van der Waals surface area contributed by atoms with Crippen LogP contribution in [-0.2, 0) is 4.79 Å². The molecule has 2 aromatic rings. The smallest absolute Gasteiger partial charge is 0.254 e. The van der Waals surface area contributed by atoms with E-state index in [-0.39, 0.29) is 23.8 Å². The molecule has 1 aliphatic heterocycles. The summed E-state index contributed by atoms with van der Waals surface area (Å²) >= 11 is 0. The SMILES string of the molecule is CC[C@@H](C)N1C(=O)c2ccccc2[C@H](C(=O)Nc2cccnc2)C12CCCCC2. The van der Waals surface area contributed by atoms with E-state index in [1.54, 1.807) is 12.4 Å². The topological polar surface area (TPSA) is 62.3 Å². The number of carbonyl (C=O) groups excluding carboxylic acids is 2. The van der Waals surface area contributed by atoms with Crippen molar-refractivity contribution in [3.05, 3.63) is 59.9 Å². The second-order valence-electron chi connectivity index (χ2n) is 8.35. The standard InChI is InChI=1S/C24H29N3O2/c1-3-17(2)27-23(29)20-12-6-5-11-19(20)21(24(27)13-7-4-8-14-24)22(28)26-18-10-9-15-25-16-18/h5-6,9-12,15-17,21H,3-4,7-8,13-14H2,1-2H3,(H,26,28)/t17-,21-/m1/s1. The molecule has 0 unspecified atom stereocenters. The highest BCUT2D eigenvalue weighted by Crippen LogP contribution is 2.50. The van der Waals surface area contributed by atoms with Gasteiger partial charge in [-0.2, -0.15) is 0 Å². The number of nitrogens with one attached hydrogen (secondary N) is 1. The van der Waals surface area contributed by atoms with Crippen LogP contribution in [-0.4, -0.2) is 33.3 Å². The molecule has 1 aromatic carbocycles. The molecule has 152 valence electrons. The van der Waals surface area contributed by atoms with E-state index in [0.29, 0.717) is 11.3 Å². The van der Waals surface area contributed by atoms with Crippen LogP contribution < -0.4 is 5.32 Å². The van der Waals surface area contributed by atoms with Crippen molar-refractivity contribution in [2.24, 2.45) is 0 Å². The van der Waals surface area contributed by atoms with Crippen LogP contribution in [0, 0.1) is 0 Å². The summed E-state index contributed by atoms with van der Waals surface area (Å²) in [5.41, 5.74) is 1.74. The maximum Gasteiger partial charge on any atom is 0.254 e. The summed E-state index contributed by atoms with van der Waals surface area (Å²) in [6, 6.07) is 11.4. The molecule has 4 rings (SSSR count). The van der Waals surface area contributed by atoms with E-state index in [1.165, 1.54) is 0 Å². The van der Waals surface area contributed by atoms with Crippen LogP contribution in [0.4, 0.5) is 5.69 Å². The van der Waals surface area contributed by atoms with E-state index < -0.39 is 5.54 Å². The lowest BCUT2D eigenvalue weighted by atomic mass is 9.64. The van der Waals surface area contributed by atoms with Gasteiger partial charge >= 0.3 is 0 Å².